The van der Waals surface area contributed by atoms with E-state index in [1.54, 1.807) is 25.1 Å². The molecular weight excluding hydrogens is 578 g/mol. The maximum atomic E-state index is 13.7. The van der Waals surface area contributed by atoms with Crippen LogP contribution in [0.1, 0.15) is 24.1 Å². The van der Waals surface area contributed by atoms with Crippen molar-refractivity contribution in [2.75, 3.05) is 14.2 Å². The van der Waals surface area contributed by atoms with Crippen molar-refractivity contribution in [2.45, 2.75) is 13.0 Å². The van der Waals surface area contributed by atoms with Gasteiger partial charge >= 0.3 is 11.7 Å². The van der Waals surface area contributed by atoms with Crippen LogP contribution in [0.4, 0.5) is 5.69 Å². The fourth-order valence-corrected chi connectivity index (χ4v) is 5.58. The standard InChI is InChI=1S/C23H17BrClN3O7S/c1-10-18(22(31)35-3)19(14-9-13(25)4-5-16(14)34-2)27-21(30)17(36-23(27)26-10)7-11-6-12(24)8-15(20(11)29)28(32)33/h4-9,19,29H,1-3H3/b17-7-/t19-/m0/s1. The van der Waals surface area contributed by atoms with Crippen LogP contribution in [0, 0.1) is 10.1 Å². The van der Waals surface area contributed by atoms with Gasteiger partial charge in [-0.3, -0.25) is 19.5 Å². The largest absolute Gasteiger partial charge is 0.502 e. The van der Waals surface area contributed by atoms with Crippen LogP contribution >= 0.6 is 38.9 Å². The Hall–Kier alpha value is -3.48. The molecule has 186 valence electrons. The molecule has 36 heavy (non-hydrogen) atoms. The summed E-state index contributed by atoms with van der Waals surface area (Å²) >= 11 is 10.4. The Morgan fingerprint density at radius 2 is 2.06 bits per heavy atom. The number of fused-ring (bicyclic) bond motifs is 1. The Labute approximate surface area is 220 Å². The van der Waals surface area contributed by atoms with Gasteiger partial charge in [0.25, 0.3) is 5.56 Å². The highest BCUT2D eigenvalue weighted by atomic mass is 79.9. The van der Waals surface area contributed by atoms with Gasteiger partial charge < -0.3 is 14.6 Å². The van der Waals surface area contributed by atoms with E-state index in [1.165, 1.54) is 30.9 Å². The van der Waals surface area contributed by atoms with E-state index < -0.39 is 33.9 Å². The molecule has 2 heterocycles. The van der Waals surface area contributed by atoms with Crippen molar-refractivity contribution in [3.05, 3.63) is 92.0 Å². The van der Waals surface area contributed by atoms with Gasteiger partial charge in [-0.05, 0) is 37.3 Å². The van der Waals surface area contributed by atoms with E-state index in [9.17, 15) is 24.8 Å². The minimum atomic E-state index is -0.977. The molecule has 0 aliphatic carbocycles. The van der Waals surface area contributed by atoms with Crippen molar-refractivity contribution in [1.82, 2.24) is 4.57 Å². The number of allylic oxidation sites excluding steroid dienone is 1. The molecule has 1 aromatic heterocycles. The summed E-state index contributed by atoms with van der Waals surface area (Å²) in [6.07, 6.45) is 1.33. The number of rotatable bonds is 5. The van der Waals surface area contributed by atoms with Gasteiger partial charge in [0.2, 0.25) is 5.75 Å². The number of aromatic nitrogens is 1. The fraction of sp³-hybridized carbons (Fsp3) is 0.174. The molecule has 0 amide bonds. The Balaban J connectivity index is 2.05. The van der Waals surface area contributed by atoms with Gasteiger partial charge in [-0.2, -0.15) is 0 Å². The van der Waals surface area contributed by atoms with E-state index >= 15 is 0 Å². The van der Waals surface area contributed by atoms with Gasteiger partial charge in [0, 0.05) is 26.7 Å². The first-order valence-corrected chi connectivity index (χ1v) is 12.2. The predicted molar refractivity (Wildman–Crippen MR) is 136 cm³/mol. The highest BCUT2D eigenvalue weighted by Crippen LogP contribution is 2.37. The van der Waals surface area contributed by atoms with Crippen LogP contribution in [0.15, 0.2) is 55.9 Å². The molecule has 0 bridgehead atoms. The summed E-state index contributed by atoms with van der Waals surface area (Å²) in [5.41, 5.74) is -0.105. The maximum absolute atomic E-state index is 13.7. The van der Waals surface area contributed by atoms with Crippen LogP contribution in [0.5, 0.6) is 11.5 Å². The van der Waals surface area contributed by atoms with Gasteiger partial charge in [-0.15, -0.1) is 0 Å². The molecule has 10 nitrogen and oxygen atoms in total. The molecule has 1 aliphatic rings. The van der Waals surface area contributed by atoms with Gasteiger partial charge in [0.15, 0.2) is 4.80 Å². The summed E-state index contributed by atoms with van der Waals surface area (Å²) in [5.74, 6) is -0.887. The number of carbonyl (C=O) groups excluding carboxylic acids is 1. The average molecular weight is 595 g/mol. The number of carbonyl (C=O) groups is 1. The van der Waals surface area contributed by atoms with Crippen molar-refractivity contribution < 1.29 is 24.3 Å². The van der Waals surface area contributed by atoms with Crippen molar-refractivity contribution >= 4 is 56.6 Å². The number of phenolic OH excluding ortho intramolecular Hbond substituents is 1. The van der Waals surface area contributed by atoms with Crippen LogP contribution in [0.3, 0.4) is 0 Å². The second kappa shape index (κ2) is 9.88. The van der Waals surface area contributed by atoms with Crippen LogP contribution in [-0.4, -0.2) is 34.8 Å². The number of benzene rings is 2. The van der Waals surface area contributed by atoms with Crippen LogP contribution < -0.4 is 19.6 Å². The molecular formula is C23H17BrClN3O7S. The van der Waals surface area contributed by atoms with E-state index in [0.717, 1.165) is 17.4 Å². The van der Waals surface area contributed by atoms with Gasteiger partial charge in [0.1, 0.15) is 11.8 Å². The highest BCUT2D eigenvalue weighted by molar-refractivity contribution is 9.10. The minimum Gasteiger partial charge on any atom is -0.502 e. The van der Waals surface area contributed by atoms with E-state index in [2.05, 4.69) is 20.9 Å². The van der Waals surface area contributed by atoms with Gasteiger partial charge in [0.05, 0.1) is 34.9 Å². The van der Waals surface area contributed by atoms with E-state index in [-0.39, 0.29) is 20.5 Å². The zero-order valence-corrected chi connectivity index (χ0v) is 22.1. The first-order valence-electron chi connectivity index (χ1n) is 10.2. The summed E-state index contributed by atoms with van der Waals surface area (Å²) in [5, 5.41) is 22.1. The van der Waals surface area contributed by atoms with Crippen LogP contribution in [0.2, 0.25) is 5.02 Å². The number of ether oxygens (including phenoxy) is 2. The topological polar surface area (TPSA) is 133 Å². The third-order valence-corrected chi connectivity index (χ3v) is 7.16. The molecule has 1 N–H and O–H groups in total. The molecule has 3 aromatic rings. The van der Waals surface area contributed by atoms with Crippen molar-refractivity contribution in [3.63, 3.8) is 0 Å². The molecule has 0 unspecified atom stereocenters. The van der Waals surface area contributed by atoms with Crippen LogP contribution in [-0.2, 0) is 9.53 Å². The lowest BCUT2D eigenvalue weighted by Crippen LogP contribution is -2.40. The molecule has 0 spiro atoms. The number of aromatic hydroxyl groups is 1. The lowest BCUT2D eigenvalue weighted by molar-refractivity contribution is -0.385. The van der Waals surface area contributed by atoms with Crippen molar-refractivity contribution in [3.8, 4) is 11.5 Å². The number of nitro groups is 1. The number of nitrogens with zero attached hydrogens (tertiary/aromatic N) is 3. The predicted octanol–water partition coefficient (Wildman–Crippen LogP) is 3.45. The fourth-order valence-electron chi connectivity index (χ4n) is 3.90. The molecule has 4 rings (SSSR count). The van der Waals surface area contributed by atoms with Crippen molar-refractivity contribution in [2.24, 2.45) is 4.99 Å². The Morgan fingerprint density at radius 1 is 1.33 bits per heavy atom. The number of methoxy groups -OCH3 is 2. The third kappa shape index (κ3) is 4.43. The Bertz CT molecular complexity index is 1640. The molecule has 2 aromatic carbocycles. The highest BCUT2D eigenvalue weighted by Gasteiger charge is 2.35. The normalized spacial score (nSPS) is 15.4. The summed E-state index contributed by atoms with van der Waals surface area (Å²) in [6.45, 7) is 1.62. The first kappa shape index (κ1) is 25.6. The number of hydrogen-bond donors (Lipinski definition) is 1. The van der Waals surface area contributed by atoms with E-state index in [1.807, 2.05) is 0 Å². The Kier molecular flexibility index (Phi) is 7.03. The van der Waals surface area contributed by atoms with Crippen LogP contribution in [0.25, 0.3) is 6.08 Å². The molecule has 0 saturated heterocycles. The molecule has 0 saturated carbocycles. The number of nitro benzene ring substituents is 1. The van der Waals surface area contributed by atoms with E-state index in [0.29, 0.717) is 26.5 Å². The summed E-state index contributed by atoms with van der Waals surface area (Å²) in [4.78, 5) is 41.8. The number of esters is 1. The number of phenols is 1. The van der Waals surface area contributed by atoms with Crippen molar-refractivity contribution in [1.29, 1.82) is 0 Å². The quantitative estimate of drug-likeness (QED) is 0.272. The van der Waals surface area contributed by atoms with Gasteiger partial charge in [-0.1, -0.05) is 38.9 Å². The smallest absolute Gasteiger partial charge is 0.338 e. The van der Waals surface area contributed by atoms with E-state index in [4.69, 9.17) is 21.1 Å². The summed E-state index contributed by atoms with van der Waals surface area (Å²) in [7, 11) is 2.68. The SMILES string of the molecule is COC(=O)C1=C(C)N=c2s/c(=C\c3cc(Br)cc([N+](=O)[O-])c3O)c(=O)n2[C@H]1c1cc(Cl)ccc1OC. The number of thiazole rings is 1. The molecule has 0 fully saturated rings. The second-order valence-corrected chi connectivity index (χ2v) is 9.94. The maximum Gasteiger partial charge on any atom is 0.338 e. The lowest BCUT2D eigenvalue weighted by Gasteiger charge is -2.25. The third-order valence-electron chi connectivity index (χ3n) is 5.48. The van der Waals surface area contributed by atoms with Gasteiger partial charge in [-0.25, -0.2) is 9.79 Å². The first-order chi connectivity index (χ1) is 17.1. The molecule has 1 atom stereocenters. The lowest BCUT2D eigenvalue weighted by atomic mass is 9.95. The zero-order chi connectivity index (χ0) is 26.3. The molecule has 1 aliphatic heterocycles. The zero-order valence-electron chi connectivity index (χ0n) is 18.9. The number of hydrogen-bond acceptors (Lipinski definition) is 9. The molecule has 0 radical (unpaired) electrons. The average Bonchev–Trinajstić information content (AvgIpc) is 3.13. The minimum absolute atomic E-state index is 0.0575. The number of halogens is 2. The monoisotopic (exact) mass is 593 g/mol. The Morgan fingerprint density at radius 3 is 2.69 bits per heavy atom. The second-order valence-electron chi connectivity index (χ2n) is 7.58. The molecule has 13 heteroatoms. The summed E-state index contributed by atoms with van der Waals surface area (Å²) < 4.78 is 12.3. The summed E-state index contributed by atoms with van der Waals surface area (Å²) in [6, 6.07) is 6.46.